The molecule has 0 spiro atoms. The van der Waals surface area contributed by atoms with Gasteiger partial charge in [-0.3, -0.25) is 0 Å². The van der Waals surface area contributed by atoms with Gasteiger partial charge in [0.2, 0.25) is 0 Å². The SMILES string of the molecule is CC[C@H](CC#N)OC(=O)c1ccoc1C. The summed E-state index contributed by atoms with van der Waals surface area (Å²) in [6.45, 7) is 3.57. The first-order chi connectivity index (χ1) is 7.19. The zero-order valence-corrected chi connectivity index (χ0v) is 8.82. The number of ether oxygens (including phenoxy) is 1. The van der Waals surface area contributed by atoms with Crippen molar-refractivity contribution in [3.8, 4) is 6.07 Å². The van der Waals surface area contributed by atoms with Crippen molar-refractivity contribution >= 4 is 5.97 Å². The first-order valence-corrected chi connectivity index (χ1v) is 4.81. The smallest absolute Gasteiger partial charge is 0.341 e. The number of carbonyl (C=O) groups is 1. The second kappa shape index (κ2) is 5.20. The Morgan fingerprint density at radius 3 is 2.93 bits per heavy atom. The normalized spacial score (nSPS) is 11.8. The zero-order chi connectivity index (χ0) is 11.3. The minimum atomic E-state index is -0.427. The molecule has 1 heterocycles. The van der Waals surface area contributed by atoms with E-state index in [0.29, 0.717) is 17.7 Å². The Hall–Kier alpha value is -1.76. The van der Waals surface area contributed by atoms with Gasteiger partial charge in [0, 0.05) is 0 Å². The molecule has 0 aromatic carbocycles. The molecular formula is C11H13NO3. The van der Waals surface area contributed by atoms with Crippen LogP contribution >= 0.6 is 0 Å². The molecular weight excluding hydrogens is 194 g/mol. The molecule has 1 aromatic rings. The predicted molar refractivity (Wildman–Crippen MR) is 53.2 cm³/mol. The summed E-state index contributed by atoms with van der Waals surface area (Å²) >= 11 is 0. The molecule has 1 rings (SSSR count). The Kier molecular flexibility index (Phi) is 3.92. The molecule has 0 fully saturated rings. The summed E-state index contributed by atoms with van der Waals surface area (Å²) in [7, 11) is 0. The molecule has 0 aliphatic heterocycles. The molecule has 0 bridgehead atoms. The van der Waals surface area contributed by atoms with E-state index < -0.39 is 5.97 Å². The first kappa shape index (κ1) is 11.3. The van der Waals surface area contributed by atoms with Gasteiger partial charge in [0.15, 0.2) is 0 Å². The first-order valence-electron chi connectivity index (χ1n) is 4.81. The minimum Gasteiger partial charge on any atom is -0.469 e. The number of esters is 1. The Labute approximate surface area is 88.4 Å². The van der Waals surface area contributed by atoms with Gasteiger partial charge in [-0.15, -0.1) is 0 Å². The van der Waals surface area contributed by atoms with Crippen molar-refractivity contribution in [2.75, 3.05) is 0 Å². The van der Waals surface area contributed by atoms with Crippen LogP contribution in [-0.4, -0.2) is 12.1 Å². The highest BCUT2D eigenvalue weighted by atomic mass is 16.5. The monoisotopic (exact) mass is 207 g/mol. The Balaban J connectivity index is 2.63. The van der Waals surface area contributed by atoms with E-state index in [1.54, 1.807) is 13.0 Å². The third-order valence-corrected chi connectivity index (χ3v) is 2.13. The van der Waals surface area contributed by atoms with E-state index in [1.165, 1.54) is 6.26 Å². The van der Waals surface area contributed by atoms with Crippen LogP contribution in [0.2, 0.25) is 0 Å². The van der Waals surface area contributed by atoms with Gasteiger partial charge in [-0.05, 0) is 19.4 Å². The molecule has 0 saturated heterocycles. The van der Waals surface area contributed by atoms with Gasteiger partial charge in [0.05, 0.1) is 18.8 Å². The van der Waals surface area contributed by atoms with Crippen molar-refractivity contribution < 1.29 is 13.9 Å². The van der Waals surface area contributed by atoms with E-state index in [1.807, 2.05) is 13.0 Å². The number of carbonyl (C=O) groups excluding carboxylic acids is 1. The second-order valence-electron chi connectivity index (χ2n) is 3.19. The molecule has 0 amide bonds. The number of hydrogen-bond acceptors (Lipinski definition) is 4. The lowest BCUT2D eigenvalue weighted by molar-refractivity contribution is 0.0302. The Bertz CT molecular complexity index is 375. The summed E-state index contributed by atoms with van der Waals surface area (Å²) in [6, 6.07) is 3.55. The standard InChI is InChI=1S/C11H13NO3/c1-3-9(4-6-12)15-11(13)10-5-7-14-8(10)2/h5,7,9H,3-4H2,1-2H3/t9-/m1/s1. The average molecular weight is 207 g/mol. The van der Waals surface area contributed by atoms with Crippen LogP contribution in [0.5, 0.6) is 0 Å². The summed E-state index contributed by atoms with van der Waals surface area (Å²) in [5, 5.41) is 8.51. The molecule has 1 aromatic heterocycles. The largest absolute Gasteiger partial charge is 0.469 e. The summed E-state index contributed by atoms with van der Waals surface area (Å²) < 4.78 is 10.1. The molecule has 0 unspecified atom stereocenters. The van der Waals surface area contributed by atoms with E-state index in [9.17, 15) is 4.79 Å². The third kappa shape index (κ3) is 2.84. The van der Waals surface area contributed by atoms with Crippen molar-refractivity contribution in [1.82, 2.24) is 0 Å². The molecule has 15 heavy (non-hydrogen) atoms. The molecule has 4 heteroatoms. The maximum atomic E-state index is 11.6. The van der Waals surface area contributed by atoms with Gasteiger partial charge in [0.1, 0.15) is 17.4 Å². The molecule has 4 nitrogen and oxygen atoms in total. The zero-order valence-electron chi connectivity index (χ0n) is 8.82. The van der Waals surface area contributed by atoms with Gasteiger partial charge < -0.3 is 9.15 Å². The lowest BCUT2D eigenvalue weighted by Crippen LogP contribution is -2.17. The van der Waals surface area contributed by atoms with Crippen LogP contribution in [-0.2, 0) is 4.74 Å². The highest BCUT2D eigenvalue weighted by molar-refractivity contribution is 5.90. The van der Waals surface area contributed by atoms with Crippen LogP contribution in [0.4, 0.5) is 0 Å². The molecule has 0 aliphatic rings. The minimum absolute atomic E-state index is 0.221. The molecule has 0 N–H and O–H groups in total. The van der Waals surface area contributed by atoms with Crippen LogP contribution in [0.15, 0.2) is 16.7 Å². The quantitative estimate of drug-likeness (QED) is 0.711. The van der Waals surface area contributed by atoms with Crippen molar-refractivity contribution in [3.05, 3.63) is 23.7 Å². The Morgan fingerprint density at radius 2 is 2.47 bits per heavy atom. The van der Waals surface area contributed by atoms with Gasteiger partial charge >= 0.3 is 5.97 Å². The number of nitrogens with zero attached hydrogens (tertiary/aromatic N) is 1. The number of furan rings is 1. The van der Waals surface area contributed by atoms with Gasteiger partial charge in [-0.2, -0.15) is 5.26 Å². The molecule has 0 aliphatic carbocycles. The lowest BCUT2D eigenvalue weighted by atomic mass is 10.2. The van der Waals surface area contributed by atoms with E-state index in [-0.39, 0.29) is 12.5 Å². The second-order valence-corrected chi connectivity index (χ2v) is 3.19. The summed E-state index contributed by atoms with van der Waals surface area (Å²) in [5.74, 6) is 0.107. The number of rotatable bonds is 4. The fraction of sp³-hybridized carbons (Fsp3) is 0.455. The van der Waals surface area contributed by atoms with E-state index in [2.05, 4.69) is 0 Å². The summed E-state index contributed by atoms with van der Waals surface area (Å²) in [4.78, 5) is 11.6. The molecule has 0 saturated carbocycles. The number of aryl methyl sites for hydroxylation is 1. The van der Waals surface area contributed by atoms with Crippen molar-refractivity contribution in [3.63, 3.8) is 0 Å². The van der Waals surface area contributed by atoms with Crippen molar-refractivity contribution in [2.24, 2.45) is 0 Å². The molecule has 1 atom stereocenters. The number of hydrogen-bond donors (Lipinski definition) is 0. The van der Waals surface area contributed by atoms with Gasteiger partial charge in [-0.25, -0.2) is 4.79 Å². The van der Waals surface area contributed by atoms with Crippen LogP contribution < -0.4 is 0 Å². The molecule has 80 valence electrons. The van der Waals surface area contributed by atoms with Crippen LogP contribution in [0.3, 0.4) is 0 Å². The van der Waals surface area contributed by atoms with E-state index >= 15 is 0 Å². The van der Waals surface area contributed by atoms with Crippen molar-refractivity contribution in [2.45, 2.75) is 32.8 Å². The number of nitriles is 1. The highest BCUT2D eigenvalue weighted by Gasteiger charge is 2.17. The predicted octanol–water partition coefficient (Wildman–Crippen LogP) is 2.44. The van der Waals surface area contributed by atoms with Gasteiger partial charge in [-0.1, -0.05) is 6.92 Å². The topological polar surface area (TPSA) is 63.2 Å². The van der Waals surface area contributed by atoms with Crippen LogP contribution in [0.1, 0.15) is 35.9 Å². The summed E-state index contributed by atoms with van der Waals surface area (Å²) in [5.41, 5.74) is 0.423. The van der Waals surface area contributed by atoms with E-state index in [4.69, 9.17) is 14.4 Å². The Morgan fingerprint density at radius 1 is 1.73 bits per heavy atom. The molecule has 0 radical (unpaired) electrons. The van der Waals surface area contributed by atoms with Crippen LogP contribution in [0, 0.1) is 18.3 Å². The fourth-order valence-corrected chi connectivity index (χ4v) is 1.18. The maximum Gasteiger partial charge on any atom is 0.341 e. The fourth-order valence-electron chi connectivity index (χ4n) is 1.18. The van der Waals surface area contributed by atoms with Crippen LogP contribution in [0.25, 0.3) is 0 Å². The van der Waals surface area contributed by atoms with Gasteiger partial charge in [0.25, 0.3) is 0 Å². The lowest BCUT2D eigenvalue weighted by Gasteiger charge is -2.11. The average Bonchev–Trinajstić information content (AvgIpc) is 2.63. The third-order valence-electron chi connectivity index (χ3n) is 2.13. The summed E-state index contributed by atoms with van der Waals surface area (Å²) in [6.07, 6.45) is 1.96. The van der Waals surface area contributed by atoms with Crippen molar-refractivity contribution in [1.29, 1.82) is 5.26 Å². The van der Waals surface area contributed by atoms with E-state index in [0.717, 1.165) is 0 Å². The highest BCUT2D eigenvalue weighted by Crippen LogP contribution is 2.13. The maximum absolute atomic E-state index is 11.6.